The van der Waals surface area contributed by atoms with Gasteiger partial charge in [-0.3, -0.25) is 9.69 Å². The van der Waals surface area contributed by atoms with Gasteiger partial charge in [0.05, 0.1) is 18.7 Å². The summed E-state index contributed by atoms with van der Waals surface area (Å²) in [5.41, 5.74) is 2.79. The molecule has 0 bridgehead atoms. The molecule has 0 atom stereocenters. The van der Waals surface area contributed by atoms with E-state index in [1.807, 2.05) is 31.7 Å². The van der Waals surface area contributed by atoms with Crippen LogP contribution in [0.1, 0.15) is 39.9 Å². The number of hydrogen-bond acceptors (Lipinski definition) is 6. The summed E-state index contributed by atoms with van der Waals surface area (Å²) in [5, 5.41) is 0. The van der Waals surface area contributed by atoms with Crippen molar-refractivity contribution in [3.05, 3.63) is 52.5 Å². The molecule has 2 amide bonds. The molecule has 1 fully saturated rings. The Balaban J connectivity index is 1.41. The monoisotopic (exact) mass is 441 g/mol. The molecule has 8 heteroatoms. The molecule has 0 N–H and O–H groups in total. The number of carbonyl (C=O) groups excluding carboxylic acids is 2. The van der Waals surface area contributed by atoms with Crippen molar-refractivity contribution in [1.29, 1.82) is 0 Å². The Morgan fingerprint density at radius 3 is 2.50 bits per heavy atom. The maximum atomic E-state index is 13.1. The summed E-state index contributed by atoms with van der Waals surface area (Å²) in [4.78, 5) is 30.9. The summed E-state index contributed by atoms with van der Waals surface area (Å²) < 4.78 is 16.6. The molecule has 2 aliphatic heterocycles. The number of furan rings is 1. The van der Waals surface area contributed by atoms with Crippen LogP contribution in [0.3, 0.4) is 0 Å². The van der Waals surface area contributed by atoms with Crippen LogP contribution in [0, 0.1) is 13.8 Å². The second-order valence-electron chi connectivity index (χ2n) is 8.31. The van der Waals surface area contributed by atoms with Crippen LogP contribution in [0.4, 0.5) is 4.79 Å². The first-order valence-corrected chi connectivity index (χ1v) is 11.2. The van der Waals surface area contributed by atoms with Crippen molar-refractivity contribution < 1.29 is 23.5 Å². The molecule has 1 aromatic carbocycles. The minimum Gasteiger partial charge on any atom is -0.491 e. The number of ether oxygens (including phenoxy) is 2. The Kier molecular flexibility index (Phi) is 6.69. The number of fused-ring (bicyclic) bond motifs is 1. The molecular formula is C24H31N3O5. The topological polar surface area (TPSA) is 75.5 Å². The number of rotatable bonds is 4. The fourth-order valence-corrected chi connectivity index (χ4v) is 4.29. The Bertz CT molecular complexity index is 978. The molecular weight excluding hydrogens is 410 g/mol. The van der Waals surface area contributed by atoms with Gasteiger partial charge in [0.25, 0.3) is 5.91 Å². The highest BCUT2D eigenvalue weighted by atomic mass is 16.6. The number of amides is 2. The summed E-state index contributed by atoms with van der Waals surface area (Å²) in [5.74, 6) is 2.18. The lowest BCUT2D eigenvalue weighted by molar-refractivity contribution is 0.0730. The Morgan fingerprint density at radius 1 is 1.03 bits per heavy atom. The van der Waals surface area contributed by atoms with Crippen LogP contribution >= 0.6 is 0 Å². The molecule has 0 aliphatic carbocycles. The summed E-state index contributed by atoms with van der Waals surface area (Å²) in [6.45, 7) is 11.1. The molecule has 4 rings (SSSR count). The SMILES string of the molecule is CCOC(=O)N1CCN(Cc2ccc3c(c2)CN(C(=O)c2cc(C)oc2C)CCO3)CC1. The zero-order chi connectivity index (χ0) is 22.7. The fraction of sp³-hybridized carbons (Fsp3) is 0.500. The quantitative estimate of drug-likeness (QED) is 0.725. The van der Waals surface area contributed by atoms with E-state index in [4.69, 9.17) is 13.9 Å². The number of nitrogens with zero attached hydrogens (tertiary/aromatic N) is 3. The lowest BCUT2D eigenvalue weighted by Gasteiger charge is -2.34. The smallest absolute Gasteiger partial charge is 0.409 e. The molecule has 32 heavy (non-hydrogen) atoms. The predicted molar refractivity (Wildman–Crippen MR) is 119 cm³/mol. The van der Waals surface area contributed by atoms with Gasteiger partial charge in [-0.25, -0.2) is 4.79 Å². The van der Waals surface area contributed by atoms with Crippen LogP contribution in [-0.4, -0.2) is 72.6 Å². The van der Waals surface area contributed by atoms with Crippen LogP contribution in [0.25, 0.3) is 0 Å². The number of hydrogen-bond donors (Lipinski definition) is 0. The van der Waals surface area contributed by atoms with Gasteiger partial charge in [0.1, 0.15) is 23.9 Å². The van der Waals surface area contributed by atoms with Crippen molar-refractivity contribution in [2.24, 2.45) is 0 Å². The zero-order valence-electron chi connectivity index (χ0n) is 19.1. The minimum atomic E-state index is -0.234. The number of carbonyl (C=O) groups is 2. The van der Waals surface area contributed by atoms with Gasteiger partial charge in [-0.2, -0.15) is 0 Å². The molecule has 0 spiro atoms. The third-order valence-corrected chi connectivity index (χ3v) is 5.97. The summed E-state index contributed by atoms with van der Waals surface area (Å²) in [7, 11) is 0. The average Bonchev–Trinajstić information content (AvgIpc) is 2.98. The first kappa shape index (κ1) is 22.2. The number of piperazine rings is 1. The van der Waals surface area contributed by atoms with Crippen LogP contribution < -0.4 is 4.74 Å². The van der Waals surface area contributed by atoms with Crippen molar-refractivity contribution in [2.45, 2.75) is 33.9 Å². The first-order valence-electron chi connectivity index (χ1n) is 11.2. The van der Waals surface area contributed by atoms with E-state index in [0.29, 0.717) is 50.7 Å². The predicted octanol–water partition coefficient (Wildman–Crippen LogP) is 3.21. The van der Waals surface area contributed by atoms with E-state index in [2.05, 4.69) is 17.0 Å². The van der Waals surface area contributed by atoms with Crippen molar-refractivity contribution >= 4 is 12.0 Å². The second-order valence-corrected chi connectivity index (χ2v) is 8.31. The van der Waals surface area contributed by atoms with Crippen LogP contribution in [0.15, 0.2) is 28.7 Å². The third-order valence-electron chi connectivity index (χ3n) is 5.97. The van der Waals surface area contributed by atoms with Gasteiger partial charge in [0.15, 0.2) is 0 Å². The van der Waals surface area contributed by atoms with E-state index < -0.39 is 0 Å². The highest BCUT2D eigenvalue weighted by Gasteiger charge is 2.25. The Hall–Kier alpha value is -3.00. The largest absolute Gasteiger partial charge is 0.491 e. The lowest BCUT2D eigenvalue weighted by atomic mass is 10.1. The molecule has 2 aromatic rings. The molecule has 2 aliphatic rings. The average molecular weight is 442 g/mol. The lowest BCUT2D eigenvalue weighted by Crippen LogP contribution is -2.48. The highest BCUT2D eigenvalue weighted by molar-refractivity contribution is 5.95. The molecule has 3 heterocycles. The molecule has 0 unspecified atom stereocenters. The van der Waals surface area contributed by atoms with Crippen molar-refractivity contribution in [2.75, 3.05) is 45.9 Å². The van der Waals surface area contributed by atoms with Gasteiger partial charge in [-0.1, -0.05) is 6.07 Å². The minimum absolute atomic E-state index is 0.0312. The van der Waals surface area contributed by atoms with E-state index in [1.54, 1.807) is 11.0 Å². The van der Waals surface area contributed by atoms with E-state index >= 15 is 0 Å². The van der Waals surface area contributed by atoms with Crippen LogP contribution in [0.2, 0.25) is 0 Å². The van der Waals surface area contributed by atoms with Crippen molar-refractivity contribution in [1.82, 2.24) is 14.7 Å². The molecule has 1 saturated heterocycles. The summed E-state index contributed by atoms with van der Waals surface area (Å²) in [6.07, 6.45) is -0.234. The molecule has 1 aromatic heterocycles. The first-order chi connectivity index (χ1) is 15.4. The summed E-state index contributed by atoms with van der Waals surface area (Å²) >= 11 is 0. The maximum Gasteiger partial charge on any atom is 0.409 e. The highest BCUT2D eigenvalue weighted by Crippen LogP contribution is 2.27. The van der Waals surface area contributed by atoms with Gasteiger partial charge < -0.3 is 23.7 Å². The van der Waals surface area contributed by atoms with E-state index in [0.717, 1.165) is 36.7 Å². The normalized spacial score (nSPS) is 16.8. The molecule has 0 saturated carbocycles. The van der Waals surface area contributed by atoms with Gasteiger partial charge in [-0.05, 0) is 44.5 Å². The summed E-state index contributed by atoms with van der Waals surface area (Å²) in [6, 6.07) is 8.02. The van der Waals surface area contributed by atoms with Crippen LogP contribution in [-0.2, 0) is 17.8 Å². The zero-order valence-corrected chi connectivity index (χ0v) is 19.1. The number of aryl methyl sites for hydroxylation is 2. The van der Waals surface area contributed by atoms with Crippen molar-refractivity contribution in [3.63, 3.8) is 0 Å². The van der Waals surface area contributed by atoms with E-state index in [-0.39, 0.29) is 12.0 Å². The standard InChI is InChI=1S/C24H31N3O5/c1-4-30-24(29)26-9-7-25(8-10-26)15-19-5-6-22-20(14-19)16-27(11-12-31-22)23(28)21-13-17(2)32-18(21)3/h5-6,13-14H,4,7-12,15-16H2,1-3H3. The Morgan fingerprint density at radius 2 is 1.81 bits per heavy atom. The third kappa shape index (κ3) is 4.91. The Labute approximate surface area is 188 Å². The van der Waals surface area contributed by atoms with E-state index in [1.165, 1.54) is 5.56 Å². The molecule has 8 nitrogen and oxygen atoms in total. The fourth-order valence-electron chi connectivity index (χ4n) is 4.29. The van der Waals surface area contributed by atoms with Gasteiger partial charge >= 0.3 is 6.09 Å². The van der Waals surface area contributed by atoms with Gasteiger partial charge in [0.2, 0.25) is 0 Å². The van der Waals surface area contributed by atoms with Crippen molar-refractivity contribution in [3.8, 4) is 5.75 Å². The second kappa shape index (κ2) is 9.65. The molecule has 172 valence electrons. The van der Waals surface area contributed by atoms with Gasteiger partial charge in [-0.15, -0.1) is 0 Å². The van der Waals surface area contributed by atoms with Gasteiger partial charge in [0, 0.05) is 44.8 Å². The number of benzene rings is 1. The van der Waals surface area contributed by atoms with Crippen LogP contribution in [0.5, 0.6) is 5.75 Å². The molecule has 0 radical (unpaired) electrons. The maximum absolute atomic E-state index is 13.1. The van der Waals surface area contributed by atoms with E-state index in [9.17, 15) is 9.59 Å².